The molecule has 0 radical (unpaired) electrons. The standard InChI is InChI=1S/CH5NO.H3NO/c1-2-3;1-2/h2-3H,1H3;2H,1H2. The molecule has 4 heteroatoms. The molecular weight excluding hydrogens is 72.0 g/mol. The largest absolute Gasteiger partial charge is 0.320 e. The van der Waals surface area contributed by atoms with Gasteiger partial charge in [0, 0.05) is 7.05 Å². The molecule has 0 unspecified atom stereocenters. The number of hydrogen-bond acceptors (Lipinski definition) is 4. The second kappa shape index (κ2) is 43.9. The fraction of sp³-hybridized carbons (Fsp3) is 1.00. The minimum atomic E-state index is 1.43. The normalized spacial score (nSPS) is 4.80. The van der Waals surface area contributed by atoms with Crippen LogP contribution >= 0.6 is 0 Å². The maximum absolute atomic E-state index is 7.32. The van der Waals surface area contributed by atoms with Gasteiger partial charge in [-0.05, 0) is 0 Å². The lowest BCUT2D eigenvalue weighted by Crippen LogP contribution is -1.91. The molecular formula is CH8N2O2. The van der Waals surface area contributed by atoms with Crippen molar-refractivity contribution < 1.29 is 10.4 Å². The number of nitrogens with one attached hydrogen (secondary N) is 1. The van der Waals surface area contributed by atoms with Crippen molar-refractivity contribution in [2.45, 2.75) is 0 Å². The van der Waals surface area contributed by atoms with Gasteiger partial charge < -0.3 is 10.4 Å². The van der Waals surface area contributed by atoms with Crippen molar-refractivity contribution in [2.24, 2.45) is 5.90 Å². The summed E-state index contributed by atoms with van der Waals surface area (Å²) in [6.07, 6.45) is 0. The molecule has 0 aromatic carbocycles. The molecule has 0 spiro atoms. The molecule has 0 aliphatic carbocycles. The first-order valence-electron chi connectivity index (χ1n) is 0.982. The Morgan fingerprint density at radius 2 is 1.60 bits per heavy atom. The summed E-state index contributed by atoms with van der Waals surface area (Å²) in [6.45, 7) is 0. The van der Waals surface area contributed by atoms with Crippen molar-refractivity contribution in [3.8, 4) is 0 Å². The van der Waals surface area contributed by atoms with Crippen LogP contribution in [0.2, 0.25) is 0 Å². The summed E-state index contributed by atoms with van der Waals surface area (Å²) in [5, 5.41) is 13.8. The lowest BCUT2D eigenvalue weighted by Gasteiger charge is -1.60. The summed E-state index contributed by atoms with van der Waals surface area (Å²) in [6, 6.07) is 0. The molecule has 0 saturated carbocycles. The van der Waals surface area contributed by atoms with E-state index in [0.29, 0.717) is 0 Å². The number of nitrogens with two attached hydrogens (primary N) is 1. The SMILES string of the molecule is CNO.NO. The van der Waals surface area contributed by atoms with Gasteiger partial charge in [0.25, 0.3) is 0 Å². The molecule has 5 N–H and O–H groups in total. The summed E-state index contributed by atoms with van der Waals surface area (Å²) in [5.41, 5.74) is 1.75. The molecule has 0 aromatic rings. The Kier molecular flexibility index (Phi) is 77.7. The average Bonchev–Trinajstić information content (AvgIpc) is 1.46. The number of hydroxylamine groups is 1. The topological polar surface area (TPSA) is 78.5 Å². The van der Waals surface area contributed by atoms with E-state index < -0.39 is 0 Å². The number of hydrogen-bond donors (Lipinski definition) is 4. The summed E-state index contributed by atoms with van der Waals surface area (Å²) < 4.78 is 0. The van der Waals surface area contributed by atoms with Gasteiger partial charge in [-0.2, -0.15) is 0 Å². The third-order valence-electron chi connectivity index (χ3n) is 0. The summed E-state index contributed by atoms with van der Waals surface area (Å²) in [4.78, 5) is 0. The van der Waals surface area contributed by atoms with Gasteiger partial charge in [-0.15, -0.1) is 0 Å². The lowest BCUT2D eigenvalue weighted by atomic mass is 11.6. The zero-order valence-electron chi connectivity index (χ0n) is 2.97. The van der Waals surface area contributed by atoms with Crippen LogP contribution in [0.15, 0.2) is 0 Å². The summed E-state index contributed by atoms with van der Waals surface area (Å²) in [5.74, 6) is 3.50. The minimum absolute atomic E-state index is 1.43. The van der Waals surface area contributed by atoms with E-state index in [4.69, 9.17) is 10.4 Å². The van der Waals surface area contributed by atoms with Crippen LogP contribution in [0, 0.1) is 0 Å². The smallest absolute Gasteiger partial charge is 0.00929 e. The van der Waals surface area contributed by atoms with Gasteiger partial charge >= 0.3 is 0 Å². The van der Waals surface area contributed by atoms with Crippen molar-refractivity contribution in [1.29, 1.82) is 0 Å². The highest BCUT2D eigenvalue weighted by atomic mass is 16.5. The van der Waals surface area contributed by atoms with E-state index in [2.05, 4.69) is 5.90 Å². The van der Waals surface area contributed by atoms with E-state index >= 15 is 0 Å². The van der Waals surface area contributed by atoms with Gasteiger partial charge in [0.1, 0.15) is 0 Å². The van der Waals surface area contributed by atoms with Crippen molar-refractivity contribution in [2.75, 3.05) is 7.05 Å². The Hall–Kier alpha value is -0.160. The molecule has 0 rings (SSSR count). The third kappa shape index (κ3) is 508. The zero-order chi connectivity index (χ0) is 4.71. The Labute approximate surface area is 30.1 Å². The van der Waals surface area contributed by atoms with E-state index in [0.717, 1.165) is 0 Å². The fourth-order valence-corrected chi connectivity index (χ4v) is 0. The molecule has 0 aromatic heterocycles. The predicted octanol–water partition coefficient (Wildman–Crippen LogP) is -1.07. The van der Waals surface area contributed by atoms with Gasteiger partial charge in [0.2, 0.25) is 0 Å². The molecule has 5 heavy (non-hydrogen) atoms. The number of rotatable bonds is 0. The van der Waals surface area contributed by atoms with Crippen LogP contribution < -0.4 is 11.4 Å². The van der Waals surface area contributed by atoms with Crippen LogP contribution in [0.5, 0.6) is 0 Å². The van der Waals surface area contributed by atoms with E-state index in [1.165, 1.54) is 7.05 Å². The van der Waals surface area contributed by atoms with Crippen molar-refractivity contribution in [3.63, 3.8) is 0 Å². The maximum Gasteiger partial charge on any atom is 0.00929 e. The molecule has 4 nitrogen and oxygen atoms in total. The molecule has 0 heterocycles. The average molecular weight is 80.1 g/mol. The molecule has 34 valence electrons. The van der Waals surface area contributed by atoms with E-state index in [-0.39, 0.29) is 0 Å². The Morgan fingerprint density at radius 3 is 1.60 bits per heavy atom. The van der Waals surface area contributed by atoms with Gasteiger partial charge in [-0.1, -0.05) is 0 Å². The second-order valence-corrected chi connectivity index (χ2v) is 0.224. The van der Waals surface area contributed by atoms with Crippen LogP contribution in [-0.4, -0.2) is 17.5 Å². The van der Waals surface area contributed by atoms with E-state index in [1.807, 2.05) is 0 Å². The maximum atomic E-state index is 7.32. The highest BCUT2D eigenvalue weighted by molar-refractivity contribution is 3.65. The first-order valence-corrected chi connectivity index (χ1v) is 0.982. The first kappa shape index (κ1) is 8.85. The lowest BCUT2D eigenvalue weighted by molar-refractivity contribution is 0.194. The first-order chi connectivity index (χ1) is 2.41. The Bertz CT molecular complexity index is 7.61. The molecule has 0 saturated heterocycles. The second-order valence-electron chi connectivity index (χ2n) is 0.224. The van der Waals surface area contributed by atoms with Gasteiger partial charge in [0.15, 0.2) is 0 Å². The van der Waals surface area contributed by atoms with Crippen LogP contribution in [0.25, 0.3) is 0 Å². The van der Waals surface area contributed by atoms with Gasteiger partial charge in [-0.3, -0.25) is 0 Å². The third-order valence-corrected chi connectivity index (χ3v) is 0. The highest BCUT2D eigenvalue weighted by Gasteiger charge is 1.24. The van der Waals surface area contributed by atoms with Crippen LogP contribution in [0.3, 0.4) is 0 Å². The van der Waals surface area contributed by atoms with Crippen molar-refractivity contribution in [1.82, 2.24) is 5.48 Å². The predicted molar refractivity (Wildman–Crippen MR) is 16.8 cm³/mol. The van der Waals surface area contributed by atoms with E-state index in [9.17, 15) is 0 Å². The fourth-order valence-electron chi connectivity index (χ4n) is 0. The van der Waals surface area contributed by atoms with Gasteiger partial charge in [0.05, 0.1) is 0 Å². The summed E-state index contributed by atoms with van der Waals surface area (Å²) in [7, 11) is 1.43. The van der Waals surface area contributed by atoms with Crippen molar-refractivity contribution in [3.05, 3.63) is 0 Å². The Balaban J connectivity index is 0. The summed E-state index contributed by atoms with van der Waals surface area (Å²) >= 11 is 0. The zero-order valence-corrected chi connectivity index (χ0v) is 2.97. The molecule has 0 bridgehead atoms. The Morgan fingerprint density at radius 1 is 1.60 bits per heavy atom. The van der Waals surface area contributed by atoms with E-state index in [1.54, 1.807) is 5.48 Å². The molecule has 0 aliphatic rings. The highest BCUT2D eigenvalue weighted by Crippen LogP contribution is 0.957. The molecule has 0 atom stereocenters. The molecule has 0 aliphatic heterocycles. The quantitative estimate of drug-likeness (QED) is 0.279. The molecule has 0 fully saturated rings. The molecule has 0 amide bonds. The van der Waals surface area contributed by atoms with Crippen LogP contribution in [0.4, 0.5) is 0 Å². The van der Waals surface area contributed by atoms with Crippen molar-refractivity contribution >= 4 is 0 Å². The van der Waals surface area contributed by atoms with Crippen LogP contribution in [-0.2, 0) is 0 Å². The van der Waals surface area contributed by atoms with Crippen LogP contribution in [0.1, 0.15) is 0 Å². The minimum Gasteiger partial charge on any atom is -0.320 e. The monoisotopic (exact) mass is 80.1 g/mol. The van der Waals surface area contributed by atoms with Gasteiger partial charge in [-0.25, -0.2) is 11.4 Å².